The van der Waals surface area contributed by atoms with Gasteiger partial charge in [-0.25, -0.2) is 0 Å². The van der Waals surface area contributed by atoms with Crippen molar-refractivity contribution < 1.29 is 4.42 Å². The standard InChI is InChI=1S/C28H23NO/c1-28(2,3)18-13-15-23-22(17-18)20-14-16-25-26(21-11-7-8-12-24(21)30-25)27(20)29(23)19-9-5-4-6-10-19/h4-17H,1-3H3. The third-order valence-corrected chi connectivity index (χ3v) is 6.15. The number of aromatic nitrogens is 1. The summed E-state index contributed by atoms with van der Waals surface area (Å²) in [7, 11) is 0. The first kappa shape index (κ1) is 17.3. The number of rotatable bonds is 1. The molecule has 0 amide bonds. The van der Waals surface area contributed by atoms with Gasteiger partial charge in [-0.2, -0.15) is 0 Å². The molecule has 0 atom stereocenters. The molecule has 0 radical (unpaired) electrons. The highest BCUT2D eigenvalue weighted by atomic mass is 16.3. The first-order chi connectivity index (χ1) is 14.5. The molecule has 0 N–H and O–H groups in total. The van der Waals surface area contributed by atoms with Crippen LogP contribution >= 0.6 is 0 Å². The van der Waals surface area contributed by atoms with Crippen molar-refractivity contribution in [1.29, 1.82) is 0 Å². The predicted molar refractivity (Wildman–Crippen MR) is 127 cm³/mol. The van der Waals surface area contributed by atoms with Gasteiger partial charge in [-0.3, -0.25) is 0 Å². The highest BCUT2D eigenvalue weighted by molar-refractivity contribution is 6.24. The molecule has 0 bridgehead atoms. The van der Waals surface area contributed by atoms with Gasteiger partial charge in [-0.05, 0) is 53.4 Å². The van der Waals surface area contributed by atoms with E-state index in [0.717, 1.165) is 16.6 Å². The average Bonchev–Trinajstić information content (AvgIpc) is 3.28. The normalized spacial score (nSPS) is 12.5. The topological polar surface area (TPSA) is 18.1 Å². The van der Waals surface area contributed by atoms with E-state index >= 15 is 0 Å². The Morgan fingerprint density at radius 2 is 1.43 bits per heavy atom. The Labute approximate surface area is 175 Å². The Morgan fingerprint density at radius 1 is 0.667 bits per heavy atom. The summed E-state index contributed by atoms with van der Waals surface area (Å²) in [6.07, 6.45) is 0. The van der Waals surface area contributed by atoms with Gasteiger partial charge in [0.15, 0.2) is 0 Å². The molecule has 2 aromatic heterocycles. The largest absolute Gasteiger partial charge is 0.456 e. The molecule has 0 saturated heterocycles. The van der Waals surface area contributed by atoms with Crippen molar-refractivity contribution in [2.24, 2.45) is 0 Å². The number of furan rings is 1. The van der Waals surface area contributed by atoms with Crippen molar-refractivity contribution in [3.8, 4) is 5.69 Å². The molecule has 2 heterocycles. The second kappa shape index (κ2) is 5.99. The van der Waals surface area contributed by atoms with Gasteiger partial charge in [-0.15, -0.1) is 0 Å². The maximum absolute atomic E-state index is 6.21. The number of hydrogen-bond acceptors (Lipinski definition) is 1. The first-order valence-corrected chi connectivity index (χ1v) is 10.5. The lowest BCUT2D eigenvalue weighted by Gasteiger charge is -2.19. The van der Waals surface area contributed by atoms with Gasteiger partial charge in [0.1, 0.15) is 11.2 Å². The summed E-state index contributed by atoms with van der Waals surface area (Å²) in [5, 5.41) is 4.89. The molecule has 0 unspecified atom stereocenters. The molecule has 4 aromatic carbocycles. The van der Waals surface area contributed by atoms with E-state index < -0.39 is 0 Å². The monoisotopic (exact) mass is 389 g/mol. The van der Waals surface area contributed by atoms with Crippen LogP contribution in [0, 0.1) is 0 Å². The van der Waals surface area contributed by atoms with Gasteiger partial charge in [0.25, 0.3) is 0 Å². The maximum Gasteiger partial charge on any atom is 0.137 e. The van der Waals surface area contributed by atoms with Crippen molar-refractivity contribution in [2.75, 3.05) is 0 Å². The summed E-state index contributed by atoms with van der Waals surface area (Å²) >= 11 is 0. The zero-order chi connectivity index (χ0) is 20.5. The van der Waals surface area contributed by atoms with Crippen LogP contribution in [-0.2, 0) is 5.41 Å². The quantitative estimate of drug-likeness (QED) is 0.279. The van der Waals surface area contributed by atoms with Crippen molar-refractivity contribution in [1.82, 2.24) is 4.57 Å². The predicted octanol–water partition coefficient (Wildman–Crippen LogP) is 7.98. The van der Waals surface area contributed by atoms with Crippen LogP contribution in [0.5, 0.6) is 0 Å². The van der Waals surface area contributed by atoms with E-state index in [1.165, 1.54) is 38.4 Å². The molecule has 30 heavy (non-hydrogen) atoms. The number of benzene rings is 4. The minimum absolute atomic E-state index is 0.0990. The lowest BCUT2D eigenvalue weighted by Crippen LogP contribution is -2.10. The third-order valence-electron chi connectivity index (χ3n) is 6.15. The molecule has 0 aliphatic carbocycles. The molecule has 2 nitrogen and oxygen atoms in total. The Balaban J connectivity index is 1.88. The lowest BCUT2D eigenvalue weighted by atomic mass is 9.86. The fraction of sp³-hybridized carbons (Fsp3) is 0.143. The number of para-hydroxylation sites is 2. The van der Waals surface area contributed by atoms with Crippen LogP contribution in [0.25, 0.3) is 49.4 Å². The second-order valence-electron chi connectivity index (χ2n) is 9.09. The van der Waals surface area contributed by atoms with Gasteiger partial charge in [0.2, 0.25) is 0 Å². The fourth-order valence-corrected chi connectivity index (χ4v) is 4.63. The Morgan fingerprint density at radius 3 is 2.23 bits per heavy atom. The maximum atomic E-state index is 6.21. The number of hydrogen-bond donors (Lipinski definition) is 0. The molecule has 0 aliphatic rings. The molecule has 6 rings (SSSR count). The zero-order valence-corrected chi connectivity index (χ0v) is 17.4. The van der Waals surface area contributed by atoms with Crippen molar-refractivity contribution in [3.05, 3.63) is 90.5 Å². The highest BCUT2D eigenvalue weighted by Crippen LogP contribution is 2.41. The van der Waals surface area contributed by atoms with E-state index in [9.17, 15) is 0 Å². The van der Waals surface area contributed by atoms with E-state index in [1.54, 1.807) is 0 Å². The van der Waals surface area contributed by atoms with Crippen LogP contribution < -0.4 is 0 Å². The molecule has 146 valence electrons. The Hall–Kier alpha value is -3.52. The van der Waals surface area contributed by atoms with Crippen LogP contribution in [-0.4, -0.2) is 4.57 Å². The summed E-state index contributed by atoms with van der Waals surface area (Å²) < 4.78 is 8.60. The van der Waals surface area contributed by atoms with E-state index in [-0.39, 0.29) is 5.41 Å². The smallest absolute Gasteiger partial charge is 0.137 e. The molecule has 6 aromatic rings. The molecule has 2 heteroatoms. The van der Waals surface area contributed by atoms with Gasteiger partial charge in [0, 0.05) is 21.8 Å². The van der Waals surface area contributed by atoms with E-state index in [0.29, 0.717) is 0 Å². The van der Waals surface area contributed by atoms with Crippen molar-refractivity contribution in [2.45, 2.75) is 26.2 Å². The van der Waals surface area contributed by atoms with Gasteiger partial charge >= 0.3 is 0 Å². The molecule has 0 fully saturated rings. The van der Waals surface area contributed by atoms with Crippen LogP contribution in [0.15, 0.2) is 89.3 Å². The Bertz CT molecular complexity index is 1560. The summed E-state index contributed by atoms with van der Waals surface area (Å²) in [5.74, 6) is 0. The van der Waals surface area contributed by atoms with Gasteiger partial charge in [0.05, 0.1) is 16.4 Å². The third kappa shape index (κ3) is 2.37. The average molecular weight is 389 g/mol. The summed E-state index contributed by atoms with van der Waals surface area (Å²) in [4.78, 5) is 0. The van der Waals surface area contributed by atoms with Gasteiger partial charge < -0.3 is 8.98 Å². The molecule has 0 aliphatic heterocycles. The SMILES string of the molecule is CC(C)(C)c1ccc2c(c1)c1ccc3oc4ccccc4c3c1n2-c1ccccc1. The fourth-order valence-electron chi connectivity index (χ4n) is 4.63. The first-order valence-electron chi connectivity index (χ1n) is 10.5. The minimum Gasteiger partial charge on any atom is -0.456 e. The van der Waals surface area contributed by atoms with Gasteiger partial charge in [-0.1, -0.05) is 63.2 Å². The summed E-state index contributed by atoms with van der Waals surface area (Å²) in [5.41, 5.74) is 6.91. The van der Waals surface area contributed by atoms with E-state index in [1.807, 2.05) is 12.1 Å². The number of fused-ring (bicyclic) bond motifs is 7. The Kier molecular flexibility index (Phi) is 3.47. The van der Waals surface area contributed by atoms with Crippen LogP contribution in [0.4, 0.5) is 0 Å². The van der Waals surface area contributed by atoms with Crippen LogP contribution in [0.3, 0.4) is 0 Å². The lowest BCUT2D eigenvalue weighted by molar-refractivity contribution is 0.591. The highest BCUT2D eigenvalue weighted by Gasteiger charge is 2.21. The molecule has 0 spiro atoms. The molecular formula is C28H23NO. The van der Waals surface area contributed by atoms with Crippen molar-refractivity contribution in [3.63, 3.8) is 0 Å². The summed E-state index contributed by atoms with van der Waals surface area (Å²) in [6.45, 7) is 6.81. The molecule has 0 saturated carbocycles. The van der Waals surface area contributed by atoms with E-state index in [2.05, 4.69) is 98.1 Å². The van der Waals surface area contributed by atoms with Crippen LogP contribution in [0.2, 0.25) is 0 Å². The number of nitrogens with zero attached hydrogens (tertiary/aromatic N) is 1. The van der Waals surface area contributed by atoms with Crippen LogP contribution in [0.1, 0.15) is 26.3 Å². The van der Waals surface area contributed by atoms with E-state index in [4.69, 9.17) is 4.42 Å². The molecular weight excluding hydrogens is 366 g/mol. The second-order valence-corrected chi connectivity index (χ2v) is 9.09. The van der Waals surface area contributed by atoms with Crippen molar-refractivity contribution >= 4 is 43.7 Å². The minimum atomic E-state index is 0.0990. The zero-order valence-electron chi connectivity index (χ0n) is 17.4. The summed E-state index contributed by atoms with van der Waals surface area (Å²) in [6, 6.07) is 30.2.